The standard InChI is InChI=1S/C14H22N2O2/c1-11-8-16(9-13(10-17)15(11)2)12-4-6-14(18-3)7-5-12/h4-7,11,13,17H,8-10H2,1-3H3. The molecule has 18 heavy (non-hydrogen) atoms. The number of rotatable bonds is 3. The number of benzene rings is 1. The molecule has 4 heteroatoms. The van der Waals surface area contributed by atoms with E-state index in [1.54, 1.807) is 7.11 Å². The highest BCUT2D eigenvalue weighted by molar-refractivity contribution is 5.49. The highest BCUT2D eigenvalue weighted by Gasteiger charge is 2.28. The molecule has 0 aromatic heterocycles. The summed E-state index contributed by atoms with van der Waals surface area (Å²) in [6, 6.07) is 8.75. The predicted octanol–water partition coefficient (Wildman–Crippen LogP) is 1.20. The Morgan fingerprint density at radius 1 is 1.28 bits per heavy atom. The van der Waals surface area contributed by atoms with E-state index in [2.05, 4.69) is 35.9 Å². The van der Waals surface area contributed by atoms with Gasteiger partial charge in [-0.25, -0.2) is 0 Å². The van der Waals surface area contributed by atoms with E-state index in [1.165, 1.54) is 5.69 Å². The zero-order valence-electron chi connectivity index (χ0n) is 11.3. The monoisotopic (exact) mass is 250 g/mol. The van der Waals surface area contributed by atoms with Crippen molar-refractivity contribution in [3.8, 4) is 5.75 Å². The van der Waals surface area contributed by atoms with E-state index in [-0.39, 0.29) is 12.6 Å². The van der Waals surface area contributed by atoms with Crippen molar-refractivity contribution in [2.24, 2.45) is 0 Å². The lowest BCUT2D eigenvalue weighted by molar-refractivity contribution is 0.0996. The van der Waals surface area contributed by atoms with Gasteiger partial charge < -0.3 is 14.7 Å². The van der Waals surface area contributed by atoms with Crippen molar-refractivity contribution >= 4 is 5.69 Å². The van der Waals surface area contributed by atoms with Crippen LogP contribution in [0.2, 0.25) is 0 Å². The molecule has 1 N–H and O–H groups in total. The summed E-state index contributed by atoms with van der Waals surface area (Å²) in [7, 11) is 3.76. The van der Waals surface area contributed by atoms with E-state index in [1.807, 2.05) is 12.1 Å². The molecule has 2 atom stereocenters. The minimum Gasteiger partial charge on any atom is -0.497 e. The Bertz CT molecular complexity index is 380. The number of piperazine rings is 1. The number of likely N-dealkylation sites (N-methyl/N-ethyl adjacent to an activating group) is 1. The third-order valence-corrected chi connectivity index (χ3v) is 3.84. The summed E-state index contributed by atoms with van der Waals surface area (Å²) in [5, 5.41) is 9.44. The molecule has 1 aliphatic rings. The molecule has 2 rings (SSSR count). The van der Waals surface area contributed by atoms with Crippen LogP contribution in [0.25, 0.3) is 0 Å². The van der Waals surface area contributed by atoms with Gasteiger partial charge >= 0.3 is 0 Å². The maximum atomic E-state index is 9.44. The Labute approximate surface area is 109 Å². The van der Waals surface area contributed by atoms with Crippen LogP contribution in [-0.4, -0.2) is 55.9 Å². The van der Waals surface area contributed by atoms with Crippen LogP contribution in [0.1, 0.15) is 6.92 Å². The topological polar surface area (TPSA) is 35.9 Å². The van der Waals surface area contributed by atoms with Crippen LogP contribution >= 0.6 is 0 Å². The number of aliphatic hydroxyl groups excluding tert-OH is 1. The van der Waals surface area contributed by atoms with Gasteiger partial charge in [0.1, 0.15) is 5.75 Å². The van der Waals surface area contributed by atoms with E-state index in [4.69, 9.17) is 4.74 Å². The van der Waals surface area contributed by atoms with E-state index < -0.39 is 0 Å². The van der Waals surface area contributed by atoms with Crippen molar-refractivity contribution in [2.75, 3.05) is 38.8 Å². The number of ether oxygens (including phenoxy) is 1. The molecule has 1 aliphatic heterocycles. The molecule has 1 saturated heterocycles. The Kier molecular flexibility index (Phi) is 4.09. The number of hydrogen-bond donors (Lipinski definition) is 1. The largest absolute Gasteiger partial charge is 0.497 e. The zero-order valence-corrected chi connectivity index (χ0v) is 11.3. The van der Waals surface area contributed by atoms with Crippen molar-refractivity contribution in [1.29, 1.82) is 0 Å². The Morgan fingerprint density at radius 3 is 2.50 bits per heavy atom. The highest BCUT2D eigenvalue weighted by Crippen LogP contribution is 2.23. The first-order valence-electron chi connectivity index (χ1n) is 6.37. The summed E-state index contributed by atoms with van der Waals surface area (Å²) in [5.74, 6) is 0.875. The normalized spacial score (nSPS) is 25.2. The molecule has 1 heterocycles. The van der Waals surface area contributed by atoms with Crippen molar-refractivity contribution in [1.82, 2.24) is 4.90 Å². The van der Waals surface area contributed by atoms with Gasteiger partial charge in [0.05, 0.1) is 19.8 Å². The van der Waals surface area contributed by atoms with Gasteiger partial charge in [0.2, 0.25) is 0 Å². The maximum absolute atomic E-state index is 9.44. The zero-order chi connectivity index (χ0) is 13.1. The molecule has 1 aromatic carbocycles. The van der Waals surface area contributed by atoms with Gasteiger partial charge in [0.25, 0.3) is 0 Å². The fourth-order valence-corrected chi connectivity index (χ4v) is 2.46. The van der Waals surface area contributed by atoms with Gasteiger partial charge in [-0.1, -0.05) is 0 Å². The number of aliphatic hydroxyl groups is 1. The van der Waals surface area contributed by atoms with E-state index in [0.717, 1.165) is 18.8 Å². The second-order valence-electron chi connectivity index (χ2n) is 4.95. The first-order chi connectivity index (χ1) is 8.65. The Hall–Kier alpha value is -1.26. The van der Waals surface area contributed by atoms with Crippen molar-refractivity contribution in [2.45, 2.75) is 19.0 Å². The van der Waals surface area contributed by atoms with Gasteiger partial charge in [0.15, 0.2) is 0 Å². The third-order valence-electron chi connectivity index (χ3n) is 3.84. The van der Waals surface area contributed by atoms with E-state index in [0.29, 0.717) is 6.04 Å². The van der Waals surface area contributed by atoms with Crippen LogP contribution in [0.15, 0.2) is 24.3 Å². The molecule has 1 fully saturated rings. The van der Waals surface area contributed by atoms with Gasteiger partial charge in [0, 0.05) is 24.8 Å². The van der Waals surface area contributed by atoms with Crippen LogP contribution < -0.4 is 9.64 Å². The van der Waals surface area contributed by atoms with Crippen molar-refractivity contribution < 1.29 is 9.84 Å². The van der Waals surface area contributed by atoms with E-state index in [9.17, 15) is 5.11 Å². The SMILES string of the molecule is COc1ccc(N2CC(C)N(C)C(CO)C2)cc1. The molecule has 100 valence electrons. The summed E-state index contributed by atoms with van der Waals surface area (Å²) in [6.07, 6.45) is 0. The first kappa shape index (κ1) is 13.2. The molecule has 1 aromatic rings. The minimum absolute atomic E-state index is 0.202. The predicted molar refractivity (Wildman–Crippen MR) is 73.3 cm³/mol. The summed E-state index contributed by atoms with van der Waals surface area (Å²) in [4.78, 5) is 4.57. The second kappa shape index (κ2) is 5.59. The summed E-state index contributed by atoms with van der Waals surface area (Å²) in [6.45, 7) is 4.24. The molecule has 4 nitrogen and oxygen atoms in total. The molecule has 0 spiro atoms. The lowest BCUT2D eigenvalue weighted by atomic mass is 10.1. The molecular formula is C14H22N2O2. The van der Waals surface area contributed by atoms with Crippen LogP contribution in [0.3, 0.4) is 0 Å². The minimum atomic E-state index is 0.202. The fraction of sp³-hybridized carbons (Fsp3) is 0.571. The van der Waals surface area contributed by atoms with Crippen molar-refractivity contribution in [3.63, 3.8) is 0 Å². The average Bonchev–Trinajstić information content (AvgIpc) is 2.42. The molecule has 0 radical (unpaired) electrons. The lowest BCUT2D eigenvalue weighted by Gasteiger charge is -2.44. The van der Waals surface area contributed by atoms with Crippen LogP contribution in [0, 0.1) is 0 Å². The molecular weight excluding hydrogens is 228 g/mol. The van der Waals surface area contributed by atoms with E-state index >= 15 is 0 Å². The molecule has 0 amide bonds. The van der Waals surface area contributed by atoms with Gasteiger partial charge in [-0.05, 0) is 38.2 Å². The molecule has 0 bridgehead atoms. The number of hydrogen-bond acceptors (Lipinski definition) is 4. The summed E-state index contributed by atoms with van der Waals surface area (Å²) in [5.41, 5.74) is 1.19. The van der Waals surface area contributed by atoms with Gasteiger partial charge in [-0.15, -0.1) is 0 Å². The number of nitrogens with zero attached hydrogens (tertiary/aromatic N) is 2. The van der Waals surface area contributed by atoms with Crippen LogP contribution in [0.5, 0.6) is 5.75 Å². The van der Waals surface area contributed by atoms with Crippen LogP contribution in [0.4, 0.5) is 5.69 Å². The first-order valence-corrected chi connectivity index (χ1v) is 6.37. The molecule has 0 saturated carbocycles. The maximum Gasteiger partial charge on any atom is 0.119 e. The van der Waals surface area contributed by atoms with Crippen LogP contribution in [-0.2, 0) is 0 Å². The third kappa shape index (κ3) is 2.60. The fourth-order valence-electron chi connectivity index (χ4n) is 2.46. The quantitative estimate of drug-likeness (QED) is 0.874. The van der Waals surface area contributed by atoms with Gasteiger partial charge in [-0.3, -0.25) is 4.90 Å². The Morgan fingerprint density at radius 2 is 1.94 bits per heavy atom. The second-order valence-corrected chi connectivity index (χ2v) is 4.95. The molecule has 2 unspecified atom stereocenters. The summed E-state index contributed by atoms with van der Waals surface area (Å²) < 4.78 is 5.17. The number of methoxy groups -OCH3 is 1. The van der Waals surface area contributed by atoms with Gasteiger partial charge in [-0.2, -0.15) is 0 Å². The van der Waals surface area contributed by atoms with Crippen molar-refractivity contribution in [3.05, 3.63) is 24.3 Å². The Balaban J connectivity index is 2.12. The highest BCUT2D eigenvalue weighted by atomic mass is 16.5. The number of anilines is 1. The average molecular weight is 250 g/mol. The molecule has 0 aliphatic carbocycles. The lowest BCUT2D eigenvalue weighted by Crippen LogP contribution is -2.57. The smallest absolute Gasteiger partial charge is 0.119 e. The summed E-state index contributed by atoms with van der Waals surface area (Å²) >= 11 is 0.